The molecule has 0 aromatic heterocycles. The summed E-state index contributed by atoms with van der Waals surface area (Å²) >= 11 is 6.40. The molecule has 40 heavy (non-hydrogen) atoms. The molecule has 2 N–H and O–H groups in total. The summed E-state index contributed by atoms with van der Waals surface area (Å²) < 4.78 is 29.4. The number of carbonyl (C=O) groups excluding carboxylic acids is 1. The molecule has 214 valence electrons. The Kier molecular flexibility index (Phi) is 7.72. The molecule has 2 aliphatic carbocycles. The van der Waals surface area contributed by atoms with Gasteiger partial charge in [0.2, 0.25) is 0 Å². The summed E-state index contributed by atoms with van der Waals surface area (Å²) in [6, 6.07) is 11.7. The van der Waals surface area contributed by atoms with Gasteiger partial charge in [0.25, 0.3) is 5.91 Å². The van der Waals surface area contributed by atoms with Crippen LogP contribution in [0.25, 0.3) is 0 Å². The minimum absolute atomic E-state index is 0.122. The zero-order chi connectivity index (χ0) is 27.9. The first-order chi connectivity index (χ1) is 19.3. The Morgan fingerprint density at radius 1 is 1.20 bits per heavy atom. The average molecular weight is 584 g/mol. The standard InChI is InChI=1S/C31H38ClN3O4S/c1-38-28-7-3-2-4-15-40(33,37)34-30(36)22-9-13-29-27(17-22)35(18-23-8-11-25(23)28)19-31(20-39-29)14-5-6-21-16-24(32)10-12-26(21)31/h2-3,9-10,12-13,16-17,23,25,28H,4-8,11,14-15,18-20H2,1H3,(H2,33,34,36,37)/b3-2-/t23-,25+,28-,31-,40?/m0/s1. The molecule has 2 aromatic rings. The van der Waals surface area contributed by atoms with E-state index in [2.05, 4.69) is 27.5 Å². The highest BCUT2D eigenvalue weighted by molar-refractivity contribution is 7.91. The van der Waals surface area contributed by atoms with Crippen molar-refractivity contribution in [2.24, 2.45) is 21.3 Å². The first kappa shape index (κ1) is 27.8. The van der Waals surface area contributed by atoms with Crippen LogP contribution in [0.15, 0.2) is 52.9 Å². The number of ether oxygens (including phenoxy) is 2. The summed E-state index contributed by atoms with van der Waals surface area (Å²) in [5.41, 5.74) is 3.67. The lowest BCUT2D eigenvalue weighted by atomic mass is 9.68. The van der Waals surface area contributed by atoms with Crippen molar-refractivity contribution in [3.63, 3.8) is 0 Å². The van der Waals surface area contributed by atoms with Gasteiger partial charge in [-0.3, -0.25) is 4.79 Å². The van der Waals surface area contributed by atoms with Crippen LogP contribution in [0.1, 0.15) is 60.0 Å². The highest BCUT2D eigenvalue weighted by Crippen LogP contribution is 2.47. The third kappa shape index (κ3) is 5.43. The van der Waals surface area contributed by atoms with Crippen LogP contribution >= 0.6 is 11.6 Å². The number of rotatable bonds is 1. The number of hydrogen-bond acceptors (Lipinski definition) is 5. The van der Waals surface area contributed by atoms with Gasteiger partial charge in [0.1, 0.15) is 15.7 Å². The van der Waals surface area contributed by atoms with Gasteiger partial charge in [0.05, 0.1) is 18.4 Å². The Bertz CT molecular complexity index is 1450. The highest BCUT2D eigenvalue weighted by atomic mass is 35.5. The van der Waals surface area contributed by atoms with Gasteiger partial charge in [-0.25, -0.2) is 9.35 Å². The highest BCUT2D eigenvalue weighted by Gasteiger charge is 2.44. The topological polar surface area (TPSA) is 94.2 Å². The van der Waals surface area contributed by atoms with Crippen molar-refractivity contribution in [2.45, 2.75) is 56.5 Å². The van der Waals surface area contributed by atoms with Crippen LogP contribution in [0.2, 0.25) is 5.02 Å². The maximum atomic E-state index is 13.2. The summed E-state index contributed by atoms with van der Waals surface area (Å²) in [6.07, 6.45) is 10.9. The average Bonchev–Trinajstić information content (AvgIpc) is 3.06. The van der Waals surface area contributed by atoms with E-state index in [0.717, 1.165) is 68.1 Å². The predicted octanol–water partition coefficient (Wildman–Crippen LogP) is 5.69. The summed E-state index contributed by atoms with van der Waals surface area (Å²) in [4.78, 5) is 15.6. The van der Waals surface area contributed by atoms with E-state index in [1.807, 2.05) is 24.3 Å². The van der Waals surface area contributed by atoms with Crippen molar-refractivity contribution >= 4 is 33.1 Å². The molecular weight excluding hydrogens is 546 g/mol. The Hall–Kier alpha value is -2.39. The van der Waals surface area contributed by atoms with E-state index in [-0.39, 0.29) is 17.3 Å². The fourth-order valence-electron chi connectivity index (χ4n) is 7.11. The molecule has 0 radical (unpaired) electrons. The molecule has 1 saturated carbocycles. The molecule has 9 heteroatoms. The first-order valence-electron chi connectivity index (χ1n) is 14.3. The van der Waals surface area contributed by atoms with E-state index in [9.17, 15) is 9.00 Å². The number of methoxy groups -OCH3 is 1. The molecule has 2 aromatic carbocycles. The molecule has 7 nitrogen and oxygen atoms in total. The van der Waals surface area contributed by atoms with Gasteiger partial charge < -0.3 is 14.4 Å². The lowest BCUT2D eigenvalue weighted by Crippen LogP contribution is -2.49. The summed E-state index contributed by atoms with van der Waals surface area (Å²) in [7, 11) is -1.35. The predicted molar refractivity (Wildman–Crippen MR) is 160 cm³/mol. The van der Waals surface area contributed by atoms with Crippen LogP contribution in [-0.2, 0) is 26.5 Å². The monoisotopic (exact) mass is 583 g/mol. The molecule has 6 rings (SSSR count). The molecule has 1 unspecified atom stereocenters. The Labute approximate surface area is 242 Å². The van der Waals surface area contributed by atoms with E-state index >= 15 is 0 Å². The zero-order valence-corrected chi connectivity index (χ0v) is 24.6. The molecule has 5 atom stereocenters. The second-order valence-electron chi connectivity index (χ2n) is 11.8. The quantitative estimate of drug-likeness (QED) is 0.436. The number of halogens is 1. The van der Waals surface area contributed by atoms with Gasteiger partial charge in [0.15, 0.2) is 0 Å². The van der Waals surface area contributed by atoms with E-state index in [0.29, 0.717) is 30.4 Å². The first-order valence-corrected chi connectivity index (χ1v) is 16.4. The summed E-state index contributed by atoms with van der Waals surface area (Å²) in [5.74, 6) is 1.25. The number of benzene rings is 2. The molecule has 2 aliphatic heterocycles. The van der Waals surface area contributed by atoms with E-state index < -0.39 is 15.8 Å². The van der Waals surface area contributed by atoms with Crippen LogP contribution in [-0.4, -0.2) is 48.8 Å². The summed E-state index contributed by atoms with van der Waals surface area (Å²) in [5, 5.41) is 6.75. The van der Waals surface area contributed by atoms with Crippen LogP contribution < -0.4 is 14.8 Å². The van der Waals surface area contributed by atoms with Crippen LogP contribution in [0.5, 0.6) is 5.75 Å². The Morgan fingerprint density at radius 2 is 2.08 bits per heavy atom. The maximum Gasteiger partial charge on any atom is 0.286 e. The zero-order valence-electron chi connectivity index (χ0n) is 23.0. The number of carbonyl (C=O) groups is 1. The Morgan fingerprint density at radius 3 is 2.88 bits per heavy atom. The maximum absolute atomic E-state index is 13.2. The van der Waals surface area contributed by atoms with Gasteiger partial charge in [-0.15, -0.1) is 4.36 Å². The smallest absolute Gasteiger partial charge is 0.286 e. The van der Waals surface area contributed by atoms with Gasteiger partial charge in [0, 0.05) is 42.0 Å². The van der Waals surface area contributed by atoms with E-state index in [1.165, 1.54) is 11.1 Å². The van der Waals surface area contributed by atoms with Gasteiger partial charge in [-0.05, 0) is 98.2 Å². The minimum Gasteiger partial charge on any atom is -0.490 e. The lowest BCUT2D eigenvalue weighted by molar-refractivity contribution is -0.0140. The molecule has 1 spiro atoms. The van der Waals surface area contributed by atoms with Crippen LogP contribution in [0, 0.1) is 11.8 Å². The number of hydrogen-bond donors (Lipinski definition) is 1. The van der Waals surface area contributed by atoms with Gasteiger partial charge in [-0.2, -0.15) is 0 Å². The molecule has 2 heterocycles. The van der Waals surface area contributed by atoms with E-state index in [1.54, 1.807) is 13.2 Å². The van der Waals surface area contributed by atoms with Crippen molar-refractivity contribution < 1.29 is 18.5 Å². The molecule has 4 aliphatic rings. The number of allylic oxidation sites excluding steroid dienone is 1. The fraction of sp³-hybridized carbons (Fsp3) is 0.516. The Balaban J connectivity index is 1.44. The van der Waals surface area contributed by atoms with Crippen molar-refractivity contribution in [1.82, 2.24) is 0 Å². The van der Waals surface area contributed by atoms with Crippen molar-refractivity contribution in [3.8, 4) is 5.75 Å². The summed E-state index contributed by atoms with van der Waals surface area (Å²) in [6.45, 7) is 2.18. The SMILES string of the molecule is CO[C@H]1C/C=C\CCS(N)(=O)=NC(=O)c2ccc3c(c2)N(C[C@@H]2CC[C@H]21)C[C@@]1(CCCc2cc(Cl)ccc21)CO3. The van der Waals surface area contributed by atoms with Gasteiger partial charge in [-0.1, -0.05) is 29.8 Å². The van der Waals surface area contributed by atoms with Gasteiger partial charge >= 0.3 is 0 Å². The molecule has 2 bridgehead atoms. The second kappa shape index (κ2) is 11.1. The number of amides is 1. The number of anilines is 1. The second-order valence-corrected chi connectivity index (χ2v) is 14.3. The van der Waals surface area contributed by atoms with Crippen LogP contribution in [0.4, 0.5) is 5.69 Å². The number of fused-ring (bicyclic) bond motifs is 4. The molecule has 0 saturated heterocycles. The fourth-order valence-corrected chi connectivity index (χ4v) is 8.26. The minimum atomic E-state index is -3.15. The third-order valence-corrected chi connectivity index (χ3v) is 10.9. The van der Waals surface area contributed by atoms with Crippen molar-refractivity contribution in [1.29, 1.82) is 0 Å². The lowest BCUT2D eigenvalue weighted by Gasteiger charge is -2.46. The largest absolute Gasteiger partial charge is 0.490 e. The molecule has 1 amide bonds. The number of nitrogens with zero attached hydrogens (tertiary/aromatic N) is 2. The molecular formula is C31H38ClN3O4S. The van der Waals surface area contributed by atoms with E-state index in [4.69, 9.17) is 26.2 Å². The number of aryl methyl sites for hydroxylation is 1. The third-order valence-electron chi connectivity index (χ3n) is 9.35. The molecule has 1 fully saturated rings. The number of nitrogens with two attached hydrogens (primary N) is 1. The normalized spacial score (nSPS) is 33.0. The van der Waals surface area contributed by atoms with Crippen molar-refractivity contribution in [2.75, 3.05) is 37.5 Å². The van der Waals surface area contributed by atoms with Crippen molar-refractivity contribution in [3.05, 3.63) is 70.3 Å². The van der Waals surface area contributed by atoms with Crippen LogP contribution in [0.3, 0.4) is 0 Å².